The predicted octanol–water partition coefficient (Wildman–Crippen LogP) is 3.25. The number of carbonyl (C=O) groups is 1. The van der Waals surface area contributed by atoms with Gasteiger partial charge in [-0.1, -0.05) is 6.58 Å². The average Bonchev–Trinajstić information content (AvgIpc) is 3.50. The molecule has 0 N–H and O–H groups in total. The molecular weight excluding hydrogens is 376 g/mol. The number of hydrogen-bond acceptors (Lipinski definition) is 7. The van der Waals surface area contributed by atoms with E-state index in [0.717, 1.165) is 51.4 Å². The second-order valence-corrected chi connectivity index (χ2v) is 8.78. The Morgan fingerprint density at radius 1 is 0.966 bits per heavy atom. The summed E-state index contributed by atoms with van der Waals surface area (Å²) < 4.78 is 36.3. The van der Waals surface area contributed by atoms with Crippen LogP contribution in [0.25, 0.3) is 0 Å². The van der Waals surface area contributed by atoms with Gasteiger partial charge in [0.25, 0.3) is 0 Å². The van der Waals surface area contributed by atoms with Gasteiger partial charge in [-0.25, -0.2) is 4.79 Å². The SMILES string of the molecule is C=C(C)C(=O)OCCCOC(C1COC2(CCCC2)O1)C1COC2(CCCC2)O1. The summed E-state index contributed by atoms with van der Waals surface area (Å²) in [6, 6.07) is 0. The van der Waals surface area contributed by atoms with Crippen LogP contribution < -0.4 is 0 Å². The van der Waals surface area contributed by atoms with Gasteiger partial charge in [0, 0.05) is 37.7 Å². The van der Waals surface area contributed by atoms with Crippen molar-refractivity contribution >= 4 is 5.97 Å². The van der Waals surface area contributed by atoms with Gasteiger partial charge in [-0.05, 0) is 32.6 Å². The van der Waals surface area contributed by atoms with Crippen LogP contribution in [-0.2, 0) is 33.2 Å². The fraction of sp³-hybridized carbons (Fsp3) is 0.864. The van der Waals surface area contributed by atoms with E-state index in [2.05, 4.69) is 6.58 Å². The summed E-state index contributed by atoms with van der Waals surface area (Å²) in [5.74, 6) is -1.24. The minimum Gasteiger partial charge on any atom is -0.462 e. The quantitative estimate of drug-likeness (QED) is 0.345. The van der Waals surface area contributed by atoms with Crippen molar-refractivity contribution in [3.05, 3.63) is 12.2 Å². The second kappa shape index (κ2) is 9.02. The maximum atomic E-state index is 11.5. The van der Waals surface area contributed by atoms with Gasteiger partial charge in [0.2, 0.25) is 0 Å². The predicted molar refractivity (Wildman–Crippen MR) is 104 cm³/mol. The second-order valence-electron chi connectivity index (χ2n) is 8.78. The molecule has 0 amide bonds. The highest BCUT2D eigenvalue weighted by Gasteiger charge is 2.52. The zero-order valence-electron chi connectivity index (χ0n) is 17.5. The molecule has 0 radical (unpaired) electrons. The molecule has 0 aromatic heterocycles. The van der Waals surface area contributed by atoms with E-state index >= 15 is 0 Å². The first-order valence-electron chi connectivity index (χ1n) is 11.1. The molecule has 2 atom stereocenters. The van der Waals surface area contributed by atoms with Crippen molar-refractivity contribution < 1.29 is 33.2 Å². The van der Waals surface area contributed by atoms with Gasteiger partial charge < -0.3 is 28.4 Å². The average molecular weight is 411 g/mol. The zero-order valence-corrected chi connectivity index (χ0v) is 17.5. The molecular formula is C22H34O7. The molecule has 7 heteroatoms. The molecule has 2 spiro atoms. The van der Waals surface area contributed by atoms with Crippen molar-refractivity contribution in [3.8, 4) is 0 Å². The van der Waals surface area contributed by atoms with Crippen molar-refractivity contribution in [2.24, 2.45) is 0 Å². The van der Waals surface area contributed by atoms with Crippen LogP contribution in [0.2, 0.25) is 0 Å². The van der Waals surface area contributed by atoms with Crippen LogP contribution in [-0.4, -0.2) is 62.3 Å². The highest BCUT2D eigenvalue weighted by Crippen LogP contribution is 2.44. The van der Waals surface area contributed by atoms with Gasteiger partial charge in [-0.2, -0.15) is 0 Å². The first kappa shape index (κ1) is 21.2. The summed E-state index contributed by atoms with van der Waals surface area (Å²) in [6.07, 6.45) is 8.33. The molecule has 0 bridgehead atoms. The van der Waals surface area contributed by atoms with Crippen LogP contribution in [0.4, 0.5) is 0 Å². The van der Waals surface area contributed by atoms with Gasteiger partial charge in [0.1, 0.15) is 18.3 Å². The molecule has 0 aromatic carbocycles. The first-order chi connectivity index (χ1) is 14.0. The summed E-state index contributed by atoms with van der Waals surface area (Å²) in [6.45, 7) is 7.02. The van der Waals surface area contributed by atoms with Gasteiger partial charge in [-0.15, -0.1) is 0 Å². The molecule has 2 heterocycles. The highest BCUT2D eigenvalue weighted by molar-refractivity contribution is 5.86. The minimum absolute atomic E-state index is 0.170. The number of carbonyl (C=O) groups excluding carboxylic acids is 1. The van der Waals surface area contributed by atoms with Gasteiger partial charge in [-0.3, -0.25) is 0 Å². The van der Waals surface area contributed by atoms with E-state index in [1.807, 2.05) is 0 Å². The van der Waals surface area contributed by atoms with Crippen molar-refractivity contribution in [2.45, 2.75) is 94.6 Å². The van der Waals surface area contributed by atoms with Crippen molar-refractivity contribution in [2.75, 3.05) is 26.4 Å². The molecule has 2 saturated carbocycles. The fourth-order valence-corrected chi connectivity index (χ4v) is 4.85. The lowest BCUT2D eigenvalue weighted by molar-refractivity contribution is -0.205. The van der Waals surface area contributed by atoms with Crippen molar-refractivity contribution in [1.82, 2.24) is 0 Å². The third-order valence-corrected chi connectivity index (χ3v) is 6.40. The standard InChI is InChI=1S/C22H34O7/c1-16(2)20(23)25-13-7-12-24-19(17-14-26-21(28-17)8-3-4-9-21)18-15-27-22(29-18)10-5-6-11-22/h17-19H,1,3-15H2,2H3. The largest absolute Gasteiger partial charge is 0.462 e. The van der Waals surface area contributed by atoms with Crippen molar-refractivity contribution in [1.29, 1.82) is 0 Å². The Morgan fingerprint density at radius 2 is 1.48 bits per heavy atom. The Bertz CT molecular complexity index is 558. The van der Waals surface area contributed by atoms with Crippen LogP contribution >= 0.6 is 0 Å². The van der Waals surface area contributed by atoms with Crippen LogP contribution in [0.1, 0.15) is 64.7 Å². The van der Waals surface area contributed by atoms with Gasteiger partial charge in [0.15, 0.2) is 11.6 Å². The summed E-state index contributed by atoms with van der Waals surface area (Å²) in [4.78, 5) is 11.5. The molecule has 2 aliphatic carbocycles. The van der Waals surface area contributed by atoms with E-state index in [4.69, 9.17) is 28.4 Å². The van der Waals surface area contributed by atoms with Crippen LogP contribution in [0, 0.1) is 0 Å². The summed E-state index contributed by atoms with van der Waals surface area (Å²) in [5, 5.41) is 0. The summed E-state index contributed by atoms with van der Waals surface area (Å²) in [7, 11) is 0. The molecule has 164 valence electrons. The van der Waals surface area contributed by atoms with E-state index in [1.165, 1.54) is 0 Å². The van der Waals surface area contributed by atoms with E-state index in [1.54, 1.807) is 6.92 Å². The van der Waals surface area contributed by atoms with Crippen LogP contribution in [0.3, 0.4) is 0 Å². The Hall–Kier alpha value is -0.990. The Kier molecular flexibility index (Phi) is 6.61. The molecule has 2 unspecified atom stereocenters. The number of rotatable bonds is 8. The van der Waals surface area contributed by atoms with E-state index in [0.29, 0.717) is 38.4 Å². The molecule has 4 aliphatic rings. The number of ether oxygens (including phenoxy) is 6. The lowest BCUT2D eigenvalue weighted by Crippen LogP contribution is -2.44. The monoisotopic (exact) mass is 410 g/mol. The van der Waals surface area contributed by atoms with E-state index in [9.17, 15) is 4.79 Å². The fourth-order valence-electron chi connectivity index (χ4n) is 4.85. The molecule has 4 rings (SSSR count). The first-order valence-corrected chi connectivity index (χ1v) is 11.1. The lowest BCUT2D eigenvalue weighted by atomic mass is 10.1. The zero-order chi connectivity index (χ0) is 20.3. The molecule has 7 nitrogen and oxygen atoms in total. The Labute approximate surface area is 173 Å². The smallest absolute Gasteiger partial charge is 0.333 e. The highest BCUT2D eigenvalue weighted by atomic mass is 16.8. The third kappa shape index (κ3) is 4.85. The molecule has 0 aromatic rings. The van der Waals surface area contributed by atoms with E-state index in [-0.39, 0.29) is 24.3 Å². The third-order valence-electron chi connectivity index (χ3n) is 6.40. The van der Waals surface area contributed by atoms with E-state index < -0.39 is 11.6 Å². The van der Waals surface area contributed by atoms with Crippen LogP contribution in [0.5, 0.6) is 0 Å². The molecule has 2 saturated heterocycles. The van der Waals surface area contributed by atoms with Crippen molar-refractivity contribution in [3.63, 3.8) is 0 Å². The maximum absolute atomic E-state index is 11.5. The summed E-state index contributed by atoms with van der Waals surface area (Å²) in [5.41, 5.74) is 0.403. The number of hydrogen-bond donors (Lipinski definition) is 0. The van der Waals surface area contributed by atoms with Gasteiger partial charge >= 0.3 is 5.97 Å². The molecule has 4 fully saturated rings. The topological polar surface area (TPSA) is 72.5 Å². The van der Waals surface area contributed by atoms with Crippen LogP contribution in [0.15, 0.2) is 12.2 Å². The molecule has 29 heavy (non-hydrogen) atoms. The normalized spacial score (nSPS) is 30.9. The summed E-state index contributed by atoms with van der Waals surface area (Å²) >= 11 is 0. The van der Waals surface area contributed by atoms with Gasteiger partial charge in [0.05, 0.1) is 26.4 Å². The Morgan fingerprint density at radius 3 is 1.97 bits per heavy atom. The Balaban J connectivity index is 1.33. The molecule has 2 aliphatic heterocycles. The maximum Gasteiger partial charge on any atom is 0.333 e. The number of esters is 1. The minimum atomic E-state index is -0.437. The lowest BCUT2D eigenvalue weighted by Gasteiger charge is -2.30.